The molecule has 23 heavy (non-hydrogen) atoms. The first kappa shape index (κ1) is 16.4. The average Bonchev–Trinajstić information content (AvgIpc) is 2.54. The number of Topliss-reactive ketones (excluding diaryl/α,β-unsaturated/α-hetero) is 1. The van der Waals surface area contributed by atoms with Crippen LogP contribution in [0.25, 0.3) is 0 Å². The van der Waals surface area contributed by atoms with Crippen LogP contribution in [0.3, 0.4) is 0 Å². The van der Waals surface area contributed by atoms with Crippen LogP contribution in [0.2, 0.25) is 0 Å². The fraction of sp³-hybridized carbons (Fsp3) is 0.176. The summed E-state index contributed by atoms with van der Waals surface area (Å²) in [6.45, 7) is 3.01. The van der Waals surface area contributed by atoms with Crippen molar-refractivity contribution >= 4 is 17.4 Å². The van der Waals surface area contributed by atoms with E-state index in [1.807, 2.05) is 0 Å². The van der Waals surface area contributed by atoms with Gasteiger partial charge in [-0.3, -0.25) is 14.9 Å². The Kier molecular flexibility index (Phi) is 4.55. The van der Waals surface area contributed by atoms with Crippen LogP contribution in [0.15, 0.2) is 54.6 Å². The Bertz CT molecular complexity index is 735. The minimum Gasteiger partial charge on any atom is -0.448 e. The molecule has 0 N–H and O–H groups in total. The van der Waals surface area contributed by atoms with Crippen LogP contribution in [-0.2, 0) is 4.74 Å². The third-order valence-corrected chi connectivity index (χ3v) is 3.24. The number of hydrogen-bond acceptors (Lipinski definition) is 5. The van der Waals surface area contributed by atoms with E-state index in [0.717, 1.165) is 0 Å². The van der Waals surface area contributed by atoms with Crippen LogP contribution in [0.4, 0.5) is 5.69 Å². The lowest BCUT2D eigenvalue weighted by Crippen LogP contribution is -2.37. The average molecular weight is 313 g/mol. The van der Waals surface area contributed by atoms with Crippen LogP contribution in [-0.4, -0.2) is 22.3 Å². The molecule has 0 radical (unpaired) electrons. The van der Waals surface area contributed by atoms with Gasteiger partial charge in [0, 0.05) is 17.7 Å². The van der Waals surface area contributed by atoms with Gasteiger partial charge < -0.3 is 4.74 Å². The van der Waals surface area contributed by atoms with E-state index in [9.17, 15) is 19.7 Å². The number of ether oxygens (including phenoxy) is 1. The molecular formula is C17H15NO5. The fourth-order valence-electron chi connectivity index (χ4n) is 1.99. The standard InChI is InChI=1S/C17H15NO5/c1-17(2,15(19)12-6-4-3-5-7-12)23-16(20)13-8-10-14(11-9-13)18(21)22/h3-11H,1-2H3. The molecule has 0 unspecified atom stereocenters. The predicted octanol–water partition coefficient (Wildman–Crippen LogP) is 3.41. The highest BCUT2D eigenvalue weighted by Crippen LogP contribution is 2.20. The van der Waals surface area contributed by atoms with Crippen LogP contribution < -0.4 is 0 Å². The summed E-state index contributed by atoms with van der Waals surface area (Å²) in [6, 6.07) is 13.5. The smallest absolute Gasteiger partial charge is 0.339 e. The third kappa shape index (κ3) is 3.79. The molecule has 2 aromatic carbocycles. The molecule has 2 aromatic rings. The number of nitrogens with zero attached hydrogens (tertiary/aromatic N) is 1. The number of carbonyl (C=O) groups is 2. The maximum absolute atomic E-state index is 12.4. The van der Waals surface area contributed by atoms with Gasteiger partial charge in [-0.1, -0.05) is 30.3 Å². The summed E-state index contributed by atoms with van der Waals surface area (Å²) in [5, 5.41) is 10.6. The Balaban J connectivity index is 2.14. The van der Waals surface area contributed by atoms with Crippen molar-refractivity contribution in [3.63, 3.8) is 0 Å². The lowest BCUT2D eigenvalue weighted by Gasteiger charge is -2.23. The quantitative estimate of drug-likeness (QED) is 0.365. The molecule has 0 saturated heterocycles. The SMILES string of the molecule is CC(C)(OC(=O)c1ccc([N+](=O)[O-])cc1)C(=O)c1ccccc1. The van der Waals surface area contributed by atoms with Gasteiger partial charge in [0.2, 0.25) is 5.78 Å². The number of non-ortho nitro benzene ring substituents is 1. The second-order valence-electron chi connectivity index (χ2n) is 5.40. The van der Waals surface area contributed by atoms with Crippen molar-refractivity contribution in [3.05, 3.63) is 75.8 Å². The van der Waals surface area contributed by atoms with Crippen molar-refractivity contribution in [2.45, 2.75) is 19.4 Å². The molecule has 6 heteroatoms. The summed E-state index contributed by atoms with van der Waals surface area (Å²) in [5.74, 6) is -1.04. The number of carbonyl (C=O) groups excluding carboxylic acids is 2. The third-order valence-electron chi connectivity index (χ3n) is 3.24. The van der Waals surface area contributed by atoms with Gasteiger partial charge in [0.25, 0.3) is 5.69 Å². The molecule has 0 amide bonds. The molecule has 0 aliphatic heterocycles. The molecule has 2 rings (SSSR count). The van der Waals surface area contributed by atoms with Crippen LogP contribution in [0, 0.1) is 10.1 Å². The summed E-state index contributed by atoms with van der Waals surface area (Å²) in [6.07, 6.45) is 0. The lowest BCUT2D eigenvalue weighted by atomic mass is 9.96. The number of rotatable bonds is 5. The molecule has 0 spiro atoms. The minimum absolute atomic E-state index is 0.124. The number of nitro groups is 1. The van der Waals surface area contributed by atoms with E-state index < -0.39 is 16.5 Å². The van der Waals surface area contributed by atoms with Gasteiger partial charge >= 0.3 is 5.97 Å². The molecule has 0 atom stereocenters. The predicted molar refractivity (Wildman–Crippen MR) is 83.4 cm³/mol. The highest BCUT2D eigenvalue weighted by molar-refractivity contribution is 6.04. The Morgan fingerprint density at radius 2 is 1.52 bits per heavy atom. The lowest BCUT2D eigenvalue weighted by molar-refractivity contribution is -0.384. The molecule has 0 fully saturated rings. The van der Waals surface area contributed by atoms with E-state index >= 15 is 0 Å². The Labute approximate surface area is 132 Å². The van der Waals surface area contributed by atoms with Gasteiger partial charge in [0.15, 0.2) is 5.60 Å². The Hall–Kier alpha value is -3.02. The van der Waals surface area contributed by atoms with E-state index in [0.29, 0.717) is 5.56 Å². The van der Waals surface area contributed by atoms with E-state index in [4.69, 9.17) is 4.74 Å². The topological polar surface area (TPSA) is 86.5 Å². The zero-order chi connectivity index (χ0) is 17.0. The first-order chi connectivity index (χ1) is 10.8. The largest absolute Gasteiger partial charge is 0.448 e. The van der Waals surface area contributed by atoms with Crippen molar-refractivity contribution < 1.29 is 19.2 Å². The van der Waals surface area contributed by atoms with Gasteiger partial charge in [-0.2, -0.15) is 0 Å². The number of nitro benzene ring substituents is 1. The molecular weight excluding hydrogens is 298 g/mol. The fourth-order valence-corrected chi connectivity index (χ4v) is 1.99. The van der Waals surface area contributed by atoms with E-state index in [-0.39, 0.29) is 17.0 Å². The molecule has 0 bridgehead atoms. The Morgan fingerprint density at radius 1 is 0.957 bits per heavy atom. The molecule has 0 aromatic heterocycles. The van der Waals surface area contributed by atoms with E-state index in [1.54, 1.807) is 30.3 Å². The van der Waals surface area contributed by atoms with Crippen LogP contribution >= 0.6 is 0 Å². The normalized spacial score (nSPS) is 10.9. The van der Waals surface area contributed by atoms with Crippen molar-refractivity contribution in [1.82, 2.24) is 0 Å². The molecule has 0 aliphatic rings. The number of esters is 1. The molecule has 6 nitrogen and oxygen atoms in total. The number of hydrogen-bond donors (Lipinski definition) is 0. The number of benzene rings is 2. The van der Waals surface area contributed by atoms with Gasteiger partial charge in [0.05, 0.1) is 10.5 Å². The molecule has 0 aliphatic carbocycles. The summed E-state index contributed by atoms with van der Waals surface area (Å²) >= 11 is 0. The second-order valence-corrected chi connectivity index (χ2v) is 5.40. The summed E-state index contributed by atoms with van der Waals surface area (Å²) < 4.78 is 5.28. The van der Waals surface area contributed by atoms with Gasteiger partial charge in [-0.05, 0) is 26.0 Å². The minimum atomic E-state index is -1.35. The summed E-state index contributed by atoms with van der Waals surface area (Å²) in [4.78, 5) is 34.6. The number of ketones is 1. The zero-order valence-corrected chi connectivity index (χ0v) is 12.7. The van der Waals surface area contributed by atoms with Crippen LogP contribution in [0.1, 0.15) is 34.6 Å². The summed E-state index contributed by atoms with van der Waals surface area (Å²) in [5.41, 5.74) is -0.889. The van der Waals surface area contributed by atoms with Gasteiger partial charge in [0.1, 0.15) is 0 Å². The Morgan fingerprint density at radius 3 is 2.04 bits per heavy atom. The molecule has 0 saturated carbocycles. The first-order valence-electron chi connectivity index (χ1n) is 6.89. The van der Waals surface area contributed by atoms with Gasteiger partial charge in [-0.25, -0.2) is 4.79 Å². The van der Waals surface area contributed by atoms with Crippen molar-refractivity contribution in [2.24, 2.45) is 0 Å². The van der Waals surface area contributed by atoms with E-state index in [2.05, 4.69) is 0 Å². The first-order valence-corrected chi connectivity index (χ1v) is 6.89. The maximum atomic E-state index is 12.4. The van der Waals surface area contributed by atoms with Crippen molar-refractivity contribution in [3.8, 4) is 0 Å². The van der Waals surface area contributed by atoms with Crippen molar-refractivity contribution in [2.75, 3.05) is 0 Å². The maximum Gasteiger partial charge on any atom is 0.339 e. The summed E-state index contributed by atoms with van der Waals surface area (Å²) in [7, 11) is 0. The second kappa shape index (κ2) is 6.39. The molecule has 118 valence electrons. The molecule has 0 heterocycles. The highest BCUT2D eigenvalue weighted by atomic mass is 16.6. The van der Waals surface area contributed by atoms with Crippen LogP contribution in [0.5, 0.6) is 0 Å². The zero-order valence-electron chi connectivity index (χ0n) is 12.7. The monoisotopic (exact) mass is 313 g/mol. The van der Waals surface area contributed by atoms with Crippen molar-refractivity contribution in [1.29, 1.82) is 0 Å². The highest BCUT2D eigenvalue weighted by Gasteiger charge is 2.33. The van der Waals surface area contributed by atoms with Gasteiger partial charge in [-0.15, -0.1) is 0 Å². The van der Waals surface area contributed by atoms with E-state index in [1.165, 1.54) is 38.1 Å².